The number of hydrogen-bond acceptors (Lipinski definition) is 3. The van der Waals surface area contributed by atoms with Crippen LogP contribution in [0.5, 0.6) is 5.75 Å². The third-order valence-corrected chi connectivity index (χ3v) is 4.49. The SMILES string of the molecule is CCCCCCCOc1ccc(C(=O)c2cnc3ccccc3c2)cc1. The Labute approximate surface area is 155 Å². The second kappa shape index (κ2) is 9.14. The summed E-state index contributed by atoms with van der Waals surface area (Å²) in [6, 6.07) is 17.1. The summed E-state index contributed by atoms with van der Waals surface area (Å²) in [5.41, 5.74) is 2.15. The quantitative estimate of drug-likeness (QED) is 0.362. The number of carbonyl (C=O) groups excluding carboxylic acids is 1. The van der Waals surface area contributed by atoms with E-state index in [0.717, 1.165) is 29.7 Å². The molecule has 3 heteroatoms. The molecular formula is C23H25NO2. The predicted octanol–water partition coefficient (Wildman–Crippen LogP) is 5.82. The lowest BCUT2D eigenvalue weighted by atomic mass is 10.0. The lowest BCUT2D eigenvalue weighted by Gasteiger charge is -2.07. The van der Waals surface area contributed by atoms with E-state index in [1.165, 1.54) is 25.7 Å². The van der Waals surface area contributed by atoms with E-state index in [1.54, 1.807) is 6.20 Å². The fraction of sp³-hybridized carbons (Fsp3) is 0.304. The highest BCUT2D eigenvalue weighted by molar-refractivity contribution is 6.10. The van der Waals surface area contributed by atoms with Crippen molar-refractivity contribution in [2.45, 2.75) is 39.0 Å². The molecule has 26 heavy (non-hydrogen) atoms. The van der Waals surface area contributed by atoms with Crippen molar-refractivity contribution in [3.63, 3.8) is 0 Å². The number of unbranched alkanes of at least 4 members (excludes halogenated alkanes) is 4. The van der Waals surface area contributed by atoms with Gasteiger partial charge < -0.3 is 4.74 Å². The van der Waals surface area contributed by atoms with Crippen LogP contribution >= 0.6 is 0 Å². The number of para-hydroxylation sites is 1. The molecule has 0 unspecified atom stereocenters. The van der Waals surface area contributed by atoms with E-state index >= 15 is 0 Å². The second-order valence-corrected chi connectivity index (χ2v) is 6.53. The van der Waals surface area contributed by atoms with Gasteiger partial charge in [-0.15, -0.1) is 0 Å². The van der Waals surface area contributed by atoms with Gasteiger partial charge in [-0.25, -0.2) is 0 Å². The molecule has 3 rings (SSSR count). The van der Waals surface area contributed by atoms with Crippen LogP contribution in [-0.4, -0.2) is 17.4 Å². The number of hydrogen-bond donors (Lipinski definition) is 0. The van der Waals surface area contributed by atoms with Crippen LogP contribution in [0.1, 0.15) is 54.9 Å². The fourth-order valence-corrected chi connectivity index (χ4v) is 2.96. The number of rotatable bonds is 9. The number of aromatic nitrogens is 1. The summed E-state index contributed by atoms with van der Waals surface area (Å²) in [5, 5.41) is 0.973. The summed E-state index contributed by atoms with van der Waals surface area (Å²) in [5.74, 6) is 0.794. The van der Waals surface area contributed by atoms with Crippen molar-refractivity contribution in [3.8, 4) is 5.75 Å². The number of ketones is 1. The van der Waals surface area contributed by atoms with Crippen LogP contribution in [0.2, 0.25) is 0 Å². The smallest absolute Gasteiger partial charge is 0.194 e. The number of pyridine rings is 1. The highest BCUT2D eigenvalue weighted by atomic mass is 16.5. The number of ether oxygens (including phenoxy) is 1. The van der Waals surface area contributed by atoms with Gasteiger partial charge in [0.15, 0.2) is 5.78 Å². The molecule has 0 N–H and O–H groups in total. The van der Waals surface area contributed by atoms with Gasteiger partial charge in [0, 0.05) is 22.7 Å². The topological polar surface area (TPSA) is 39.2 Å². The van der Waals surface area contributed by atoms with E-state index in [9.17, 15) is 4.79 Å². The Morgan fingerprint density at radius 2 is 1.69 bits per heavy atom. The Morgan fingerprint density at radius 3 is 2.50 bits per heavy atom. The van der Waals surface area contributed by atoms with Crippen LogP contribution in [0.15, 0.2) is 60.8 Å². The summed E-state index contributed by atoms with van der Waals surface area (Å²) in [6.45, 7) is 2.94. The zero-order chi connectivity index (χ0) is 18.2. The summed E-state index contributed by atoms with van der Waals surface area (Å²) in [6.07, 6.45) is 7.74. The standard InChI is InChI=1S/C23H25NO2/c1-2-3-4-5-8-15-26-21-13-11-18(12-14-21)23(25)20-16-19-9-6-7-10-22(19)24-17-20/h6-7,9-14,16-17H,2-5,8,15H2,1H3. The lowest BCUT2D eigenvalue weighted by Crippen LogP contribution is -2.03. The number of nitrogens with zero attached hydrogens (tertiary/aromatic N) is 1. The van der Waals surface area contributed by atoms with Gasteiger partial charge in [0.2, 0.25) is 0 Å². The minimum absolute atomic E-state index is 0.0191. The molecule has 0 saturated heterocycles. The third kappa shape index (κ3) is 4.69. The molecule has 3 nitrogen and oxygen atoms in total. The van der Waals surface area contributed by atoms with Crippen molar-refractivity contribution in [2.24, 2.45) is 0 Å². The first-order chi connectivity index (χ1) is 12.8. The van der Waals surface area contributed by atoms with Crippen LogP contribution < -0.4 is 4.74 Å². The molecule has 0 fully saturated rings. The first-order valence-corrected chi connectivity index (χ1v) is 9.40. The first-order valence-electron chi connectivity index (χ1n) is 9.40. The van der Waals surface area contributed by atoms with Gasteiger partial charge in [-0.1, -0.05) is 50.8 Å². The minimum Gasteiger partial charge on any atom is -0.494 e. The van der Waals surface area contributed by atoms with Crippen LogP contribution in [0, 0.1) is 0 Å². The van der Waals surface area contributed by atoms with Crippen molar-refractivity contribution in [1.29, 1.82) is 0 Å². The van der Waals surface area contributed by atoms with Crippen LogP contribution in [0.4, 0.5) is 0 Å². The number of fused-ring (bicyclic) bond motifs is 1. The Bertz CT molecular complexity index is 855. The predicted molar refractivity (Wildman–Crippen MR) is 106 cm³/mol. The van der Waals surface area contributed by atoms with Gasteiger partial charge in [-0.2, -0.15) is 0 Å². The Kier molecular flexibility index (Phi) is 6.37. The molecule has 0 saturated carbocycles. The summed E-state index contributed by atoms with van der Waals surface area (Å²) in [7, 11) is 0. The average Bonchev–Trinajstić information content (AvgIpc) is 2.70. The van der Waals surface area contributed by atoms with Crippen LogP contribution in [-0.2, 0) is 0 Å². The molecule has 134 valence electrons. The summed E-state index contributed by atoms with van der Waals surface area (Å²) < 4.78 is 5.76. The molecule has 3 aromatic rings. The molecule has 0 spiro atoms. The van der Waals surface area contributed by atoms with E-state index in [1.807, 2.05) is 54.6 Å². The van der Waals surface area contributed by atoms with Crippen molar-refractivity contribution < 1.29 is 9.53 Å². The molecule has 0 radical (unpaired) electrons. The normalized spacial score (nSPS) is 10.8. The van der Waals surface area contributed by atoms with Crippen LogP contribution in [0.3, 0.4) is 0 Å². The van der Waals surface area contributed by atoms with E-state index < -0.39 is 0 Å². The molecule has 2 aromatic carbocycles. The molecular weight excluding hydrogens is 322 g/mol. The average molecular weight is 347 g/mol. The van der Waals surface area contributed by atoms with Gasteiger partial charge in [0.25, 0.3) is 0 Å². The molecule has 0 amide bonds. The van der Waals surface area contributed by atoms with Gasteiger partial charge >= 0.3 is 0 Å². The Morgan fingerprint density at radius 1 is 0.923 bits per heavy atom. The first kappa shape index (κ1) is 18.1. The zero-order valence-electron chi connectivity index (χ0n) is 15.3. The van der Waals surface area contributed by atoms with Gasteiger partial charge in [0.1, 0.15) is 5.75 Å². The highest BCUT2D eigenvalue weighted by Crippen LogP contribution is 2.18. The van der Waals surface area contributed by atoms with Gasteiger partial charge in [-0.05, 0) is 42.8 Å². The molecule has 0 aliphatic rings. The van der Waals surface area contributed by atoms with E-state index in [2.05, 4.69) is 11.9 Å². The Hall–Kier alpha value is -2.68. The maximum absolute atomic E-state index is 12.7. The monoisotopic (exact) mass is 347 g/mol. The molecule has 0 aliphatic heterocycles. The lowest BCUT2D eigenvalue weighted by molar-refractivity contribution is 0.103. The highest BCUT2D eigenvalue weighted by Gasteiger charge is 2.10. The Balaban J connectivity index is 1.59. The maximum atomic E-state index is 12.7. The van der Waals surface area contributed by atoms with E-state index in [4.69, 9.17) is 4.74 Å². The summed E-state index contributed by atoms with van der Waals surface area (Å²) >= 11 is 0. The molecule has 0 atom stereocenters. The van der Waals surface area contributed by atoms with Crippen molar-refractivity contribution in [2.75, 3.05) is 6.61 Å². The molecule has 1 aromatic heterocycles. The molecule has 1 heterocycles. The molecule has 0 aliphatic carbocycles. The third-order valence-electron chi connectivity index (χ3n) is 4.49. The van der Waals surface area contributed by atoms with Gasteiger partial charge in [0.05, 0.1) is 12.1 Å². The minimum atomic E-state index is -0.0191. The second-order valence-electron chi connectivity index (χ2n) is 6.53. The largest absolute Gasteiger partial charge is 0.494 e. The number of carbonyl (C=O) groups is 1. The van der Waals surface area contributed by atoms with Crippen molar-refractivity contribution in [3.05, 3.63) is 71.9 Å². The number of benzene rings is 2. The fourth-order valence-electron chi connectivity index (χ4n) is 2.96. The van der Waals surface area contributed by atoms with Crippen molar-refractivity contribution in [1.82, 2.24) is 4.98 Å². The maximum Gasteiger partial charge on any atom is 0.194 e. The van der Waals surface area contributed by atoms with E-state index in [0.29, 0.717) is 11.1 Å². The van der Waals surface area contributed by atoms with E-state index in [-0.39, 0.29) is 5.78 Å². The zero-order valence-corrected chi connectivity index (χ0v) is 15.3. The molecule has 0 bridgehead atoms. The summed E-state index contributed by atoms with van der Waals surface area (Å²) in [4.78, 5) is 17.1. The van der Waals surface area contributed by atoms with Crippen molar-refractivity contribution >= 4 is 16.7 Å². The van der Waals surface area contributed by atoms with Gasteiger partial charge in [-0.3, -0.25) is 9.78 Å². The van der Waals surface area contributed by atoms with Crippen LogP contribution in [0.25, 0.3) is 10.9 Å².